The molecule has 0 radical (unpaired) electrons. The fourth-order valence-electron chi connectivity index (χ4n) is 2.25. The first-order valence-electron chi connectivity index (χ1n) is 6.96. The van der Waals surface area contributed by atoms with Crippen molar-refractivity contribution in [1.29, 1.82) is 0 Å². The Hall–Kier alpha value is -2.36. The molecule has 1 aromatic carbocycles. The molecular weight excluding hydrogens is 262 g/mol. The predicted octanol–water partition coefficient (Wildman–Crippen LogP) is 3.37. The fourth-order valence-corrected chi connectivity index (χ4v) is 2.25. The summed E-state index contributed by atoms with van der Waals surface area (Å²) in [5, 5.41) is 2.92. The Labute approximate surface area is 125 Å². The summed E-state index contributed by atoms with van der Waals surface area (Å²) in [5.41, 5.74) is 3.50. The summed E-state index contributed by atoms with van der Waals surface area (Å²) in [6.07, 6.45) is 0. The summed E-state index contributed by atoms with van der Waals surface area (Å²) >= 11 is 0. The van der Waals surface area contributed by atoms with Gasteiger partial charge < -0.3 is 9.88 Å². The molecule has 1 unspecified atom stereocenters. The maximum Gasteiger partial charge on any atom is 0.246 e. The van der Waals surface area contributed by atoms with Gasteiger partial charge in [-0.3, -0.25) is 4.79 Å². The van der Waals surface area contributed by atoms with E-state index in [2.05, 4.69) is 28.0 Å². The molecule has 2 rings (SSSR count). The van der Waals surface area contributed by atoms with Gasteiger partial charge in [-0.05, 0) is 32.9 Å². The van der Waals surface area contributed by atoms with Crippen molar-refractivity contribution in [3.05, 3.63) is 54.4 Å². The van der Waals surface area contributed by atoms with E-state index < -0.39 is 0 Å². The van der Waals surface area contributed by atoms with E-state index >= 15 is 0 Å². The van der Waals surface area contributed by atoms with Gasteiger partial charge in [0.1, 0.15) is 5.82 Å². The number of imidazole rings is 1. The van der Waals surface area contributed by atoms with Crippen LogP contribution in [0.3, 0.4) is 0 Å². The van der Waals surface area contributed by atoms with Gasteiger partial charge in [0.2, 0.25) is 5.91 Å². The van der Waals surface area contributed by atoms with E-state index in [4.69, 9.17) is 0 Å². The number of nitrogens with one attached hydrogen (secondary N) is 1. The number of allylic oxidation sites excluding steroid dienone is 1. The lowest BCUT2D eigenvalue weighted by atomic mass is 10.2. The van der Waals surface area contributed by atoms with Crippen molar-refractivity contribution in [3.63, 3.8) is 0 Å². The average molecular weight is 283 g/mol. The van der Waals surface area contributed by atoms with E-state index in [9.17, 15) is 4.79 Å². The van der Waals surface area contributed by atoms with Crippen LogP contribution in [0.4, 0.5) is 0 Å². The van der Waals surface area contributed by atoms with Gasteiger partial charge in [-0.25, -0.2) is 4.98 Å². The minimum Gasteiger partial charge on any atom is -0.343 e. The Morgan fingerprint density at radius 1 is 1.33 bits per heavy atom. The maximum atomic E-state index is 11.8. The largest absolute Gasteiger partial charge is 0.343 e. The Morgan fingerprint density at radius 2 is 2.00 bits per heavy atom. The first-order chi connectivity index (χ1) is 9.90. The number of para-hydroxylation sites is 2. The SMILES string of the molecule is C=C(C)Cn1c(C(C)NC(=O)C(=C)C)nc2ccccc21. The Bertz CT molecular complexity index is 712. The molecule has 4 nitrogen and oxygen atoms in total. The molecule has 1 N–H and O–H groups in total. The van der Waals surface area contributed by atoms with E-state index in [1.165, 1.54) is 0 Å². The van der Waals surface area contributed by atoms with Crippen molar-refractivity contribution < 1.29 is 4.79 Å². The quantitative estimate of drug-likeness (QED) is 0.675. The molecule has 0 fully saturated rings. The molecule has 0 aliphatic heterocycles. The summed E-state index contributed by atoms with van der Waals surface area (Å²) in [6.45, 7) is 13.9. The van der Waals surface area contributed by atoms with Crippen molar-refractivity contribution in [3.8, 4) is 0 Å². The molecular formula is C17H21N3O. The van der Waals surface area contributed by atoms with Gasteiger partial charge >= 0.3 is 0 Å². The topological polar surface area (TPSA) is 46.9 Å². The summed E-state index contributed by atoms with van der Waals surface area (Å²) in [4.78, 5) is 16.5. The van der Waals surface area contributed by atoms with Crippen LogP contribution in [0.1, 0.15) is 32.6 Å². The molecule has 21 heavy (non-hydrogen) atoms. The molecule has 110 valence electrons. The standard InChI is InChI=1S/C17H21N3O/c1-11(2)10-20-15-9-7-6-8-14(15)19-16(20)13(5)18-17(21)12(3)4/h6-9,13H,1,3,10H2,2,4-5H3,(H,18,21). The first-order valence-corrected chi connectivity index (χ1v) is 6.96. The Balaban J connectivity index is 2.44. The number of hydrogen-bond acceptors (Lipinski definition) is 2. The molecule has 0 aliphatic rings. The summed E-state index contributed by atoms with van der Waals surface area (Å²) < 4.78 is 2.10. The average Bonchev–Trinajstić information content (AvgIpc) is 2.77. The second-order valence-electron chi connectivity index (χ2n) is 5.48. The van der Waals surface area contributed by atoms with Crippen molar-refractivity contribution in [2.45, 2.75) is 33.4 Å². The number of fused-ring (bicyclic) bond motifs is 1. The third kappa shape index (κ3) is 3.21. The molecule has 1 amide bonds. The van der Waals surface area contributed by atoms with Crippen LogP contribution in [-0.4, -0.2) is 15.5 Å². The zero-order valence-corrected chi connectivity index (χ0v) is 12.8. The van der Waals surface area contributed by atoms with E-state index in [1.807, 2.05) is 38.1 Å². The minimum absolute atomic E-state index is 0.156. The number of aromatic nitrogens is 2. The Kier molecular flexibility index (Phi) is 4.26. The Morgan fingerprint density at radius 3 is 2.62 bits per heavy atom. The highest BCUT2D eigenvalue weighted by atomic mass is 16.1. The van der Waals surface area contributed by atoms with E-state index in [0.717, 1.165) is 22.4 Å². The van der Waals surface area contributed by atoms with Crippen LogP contribution in [0.15, 0.2) is 48.6 Å². The first kappa shape index (κ1) is 15.0. The number of carbonyl (C=O) groups is 1. The van der Waals surface area contributed by atoms with Gasteiger partial charge in [-0.15, -0.1) is 0 Å². The summed E-state index contributed by atoms with van der Waals surface area (Å²) in [6, 6.07) is 7.76. The highest BCUT2D eigenvalue weighted by molar-refractivity contribution is 5.92. The van der Waals surface area contributed by atoms with Gasteiger partial charge in [-0.1, -0.05) is 30.9 Å². The zero-order valence-electron chi connectivity index (χ0n) is 12.8. The van der Waals surface area contributed by atoms with Crippen molar-refractivity contribution in [2.24, 2.45) is 0 Å². The lowest BCUT2D eigenvalue weighted by molar-refractivity contribution is -0.118. The molecule has 0 bridgehead atoms. The van der Waals surface area contributed by atoms with E-state index in [-0.39, 0.29) is 11.9 Å². The number of benzene rings is 1. The maximum absolute atomic E-state index is 11.8. The highest BCUT2D eigenvalue weighted by Gasteiger charge is 2.18. The van der Waals surface area contributed by atoms with Gasteiger partial charge in [0.05, 0.1) is 17.1 Å². The van der Waals surface area contributed by atoms with Crippen LogP contribution in [0.25, 0.3) is 11.0 Å². The van der Waals surface area contributed by atoms with E-state index in [0.29, 0.717) is 12.1 Å². The smallest absolute Gasteiger partial charge is 0.246 e. The number of rotatable bonds is 5. The van der Waals surface area contributed by atoms with E-state index in [1.54, 1.807) is 6.92 Å². The fraction of sp³-hybridized carbons (Fsp3) is 0.294. The zero-order chi connectivity index (χ0) is 15.6. The van der Waals surface area contributed by atoms with Crippen LogP contribution >= 0.6 is 0 Å². The number of amides is 1. The van der Waals surface area contributed by atoms with Gasteiger partial charge in [0.15, 0.2) is 0 Å². The van der Waals surface area contributed by atoms with Crippen LogP contribution in [0.5, 0.6) is 0 Å². The number of nitrogens with zero attached hydrogens (tertiary/aromatic N) is 2. The number of carbonyl (C=O) groups excluding carboxylic acids is 1. The van der Waals surface area contributed by atoms with Crippen LogP contribution in [0.2, 0.25) is 0 Å². The molecule has 1 aromatic heterocycles. The molecule has 4 heteroatoms. The molecule has 0 saturated carbocycles. The molecule has 0 saturated heterocycles. The molecule has 2 aromatic rings. The van der Waals surface area contributed by atoms with Gasteiger partial charge in [0.25, 0.3) is 0 Å². The minimum atomic E-state index is -0.194. The second-order valence-corrected chi connectivity index (χ2v) is 5.48. The van der Waals surface area contributed by atoms with Crippen molar-refractivity contribution in [1.82, 2.24) is 14.9 Å². The number of hydrogen-bond donors (Lipinski definition) is 1. The molecule has 0 aliphatic carbocycles. The lowest BCUT2D eigenvalue weighted by Crippen LogP contribution is -2.29. The molecule has 1 heterocycles. The van der Waals surface area contributed by atoms with Crippen LogP contribution < -0.4 is 5.32 Å². The van der Waals surface area contributed by atoms with Crippen LogP contribution in [0, 0.1) is 0 Å². The molecule has 0 spiro atoms. The van der Waals surface area contributed by atoms with Gasteiger partial charge in [0, 0.05) is 12.1 Å². The van der Waals surface area contributed by atoms with Crippen molar-refractivity contribution in [2.75, 3.05) is 0 Å². The third-order valence-electron chi connectivity index (χ3n) is 3.23. The highest BCUT2D eigenvalue weighted by Crippen LogP contribution is 2.22. The monoisotopic (exact) mass is 283 g/mol. The van der Waals surface area contributed by atoms with Crippen molar-refractivity contribution >= 4 is 16.9 Å². The summed E-state index contributed by atoms with van der Waals surface area (Å²) in [7, 11) is 0. The normalized spacial score (nSPS) is 12.1. The summed E-state index contributed by atoms with van der Waals surface area (Å²) in [5.74, 6) is 0.672. The molecule has 1 atom stereocenters. The second kappa shape index (κ2) is 5.95. The van der Waals surface area contributed by atoms with Crippen LogP contribution in [-0.2, 0) is 11.3 Å². The predicted molar refractivity (Wildman–Crippen MR) is 85.9 cm³/mol. The van der Waals surface area contributed by atoms with Gasteiger partial charge in [-0.2, -0.15) is 0 Å². The third-order valence-corrected chi connectivity index (χ3v) is 3.23. The lowest BCUT2D eigenvalue weighted by Gasteiger charge is -2.16.